The van der Waals surface area contributed by atoms with E-state index in [4.69, 9.17) is 0 Å². The third-order valence-corrected chi connectivity index (χ3v) is 3.96. The van der Waals surface area contributed by atoms with Crippen molar-refractivity contribution < 1.29 is 9.90 Å². The summed E-state index contributed by atoms with van der Waals surface area (Å²) in [5.74, 6) is -0.836. The van der Waals surface area contributed by atoms with Crippen LogP contribution >= 0.6 is 0 Å². The van der Waals surface area contributed by atoms with Gasteiger partial charge in [-0.05, 0) is 25.6 Å². The van der Waals surface area contributed by atoms with Crippen molar-refractivity contribution in [2.24, 2.45) is 0 Å². The Kier molecular flexibility index (Phi) is 2.33. The van der Waals surface area contributed by atoms with Crippen LogP contribution in [0.15, 0.2) is 24.3 Å². The predicted octanol–water partition coefficient (Wildman–Crippen LogP) is 1.28. The molecule has 4 heteroatoms. The van der Waals surface area contributed by atoms with Crippen molar-refractivity contribution in [3.05, 3.63) is 29.8 Å². The van der Waals surface area contributed by atoms with Crippen LogP contribution in [0.3, 0.4) is 0 Å². The van der Waals surface area contributed by atoms with Gasteiger partial charge in [-0.1, -0.05) is 12.1 Å². The topological polar surface area (TPSA) is 43.8 Å². The molecule has 90 valence electrons. The molecule has 1 aromatic carbocycles. The molecular weight excluding hydrogens is 216 g/mol. The highest BCUT2D eigenvalue weighted by Gasteiger charge is 2.42. The number of aromatic carboxylic acids is 1. The van der Waals surface area contributed by atoms with E-state index in [1.807, 2.05) is 12.1 Å². The largest absolute Gasteiger partial charge is 0.478 e. The van der Waals surface area contributed by atoms with Gasteiger partial charge in [-0.15, -0.1) is 0 Å². The Morgan fingerprint density at radius 1 is 1.29 bits per heavy atom. The molecule has 2 heterocycles. The monoisotopic (exact) mass is 232 g/mol. The number of para-hydroxylation sites is 1. The number of anilines is 1. The number of carboxylic acid groups (broad SMARTS) is 1. The smallest absolute Gasteiger partial charge is 0.337 e. The summed E-state index contributed by atoms with van der Waals surface area (Å²) in [5.41, 5.74) is 1.29. The maximum atomic E-state index is 11.2. The van der Waals surface area contributed by atoms with E-state index >= 15 is 0 Å². The lowest BCUT2D eigenvalue weighted by Crippen LogP contribution is -2.45. The van der Waals surface area contributed by atoms with E-state index in [-0.39, 0.29) is 0 Å². The molecule has 2 aliphatic heterocycles. The summed E-state index contributed by atoms with van der Waals surface area (Å²) in [4.78, 5) is 15.8. The van der Waals surface area contributed by atoms with Crippen molar-refractivity contribution in [3.8, 4) is 0 Å². The van der Waals surface area contributed by atoms with Gasteiger partial charge < -0.3 is 10.0 Å². The highest BCUT2D eigenvalue weighted by Crippen LogP contribution is 2.35. The van der Waals surface area contributed by atoms with E-state index in [0.29, 0.717) is 17.6 Å². The number of benzene rings is 1. The molecule has 2 atom stereocenters. The molecule has 0 aromatic heterocycles. The van der Waals surface area contributed by atoms with Gasteiger partial charge in [0.25, 0.3) is 0 Å². The lowest BCUT2D eigenvalue weighted by Gasteiger charge is -2.34. The fraction of sp³-hybridized carbons (Fsp3) is 0.462. The first-order valence-corrected chi connectivity index (χ1v) is 5.96. The van der Waals surface area contributed by atoms with Gasteiger partial charge in [0, 0.05) is 25.2 Å². The molecule has 2 unspecified atom stereocenters. The van der Waals surface area contributed by atoms with Crippen LogP contribution in [0.5, 0.6) is 0 Å². The van der Waals surface area contributed by atoms with Gasteiger partial charge in [0.1, 0.15) is 0 Å². The van der Waals surface area contributed by atoms with E-state index in [9.17, 15) is 9.90 Å². The van der Waals surface area contributed by atoms with Crippen LogP contribution in [0, 0.1) is 0 Å². The van der Waals surface area contributed by atoms with Crippen LogP contribution < -0.4 is 4.90 Å². The second-order valence-electron chi connectivity index (χ2n) is 4.96. The molecule has 2 saturated heterocycles. The van der Waals surface area contributed by atoms with E-state index in [1.54, 1.807) is 12.1 Å². The van der Waals surface area contributed by atoms with E-state index in [0.717, 1.165) is 25.2 Å². The first kappa shape index (κ1) is 10.6. The molecule has 3 rings (SSSR count). The predicted molar refractivity (Wildman–Crippen MR) is 65.6 cm³/mol. The lowest BCUT2D eigenvalue weighted by molar-refractivity contribution is 0.0697. The van der Waals surface area contributed by atoms with Crippen LogP contribution in [0.1, 0.15) is 16.8 Å². The molecule has 2 bridgehead atoms. The van der Waals surface area contributed by atoms with Gasteiger partial charge in [0.15, 0.2) is 0 Å². The zero-order chi connectivity index (χ0) is 12.0. The molecule has 1 aromatic rings. The SMILES string of the molecule is CN1CC2CC1CN2c1ccccc1C(=O)O. The van der Waals surface area contributed by atoms with Crippen molar-refractivity contribution in [1.82, 2.24) is 4.90 Å². The van der Waals surface area contributed by atoms with Gasteiger partial charge in [-0.25, -0.2) is 4.79 Å². The summed E-state index contributed by atoms with van der Waals surface area (Å²) < 4.78 is 0. The molecular formula is C13H16N2O2. The fourth-order valence-electron chi connectivity index (χ4n) is 3.07. The van der Waals surface area contributed by atoms with Crippen molar-refractivity contribution >= 4 is 11.7 Å². The number of fused-ring (bicyclic) bond motifs is 2. The lowest BCUT2D eigenvalue weighted by atomic mass is 10.1. The van der Waals surface area contributed by atoms with E-state index < -0.39 is 5.97 Å². The number of hydrogen-bond acceptors (Lipinski definition) is 3. The number of carbonyl (C=O) groups is 1. The molecule has 0 spiro atoms. The Bertz CT molecular complexity index is 458. The molecule has 0 aliphatic carbocycles. The minimum absolute atomic E-state index is 0.419. The first-order valence-electron chi connectivity index (χ1n) is 5.96. The molecule has 0 radical (unpaired) electrons. The summed E-state index contributed by atoms with van der Waals surface area (Å²) >= 11 is 0. The average molecular weight is 232 g/mol. The van der Waals surface area contributed by atoms with Gasteiger partial charge in [-0.2, -0.15) is 0 Å². The van der Waals surface area contributed by atoms with Crippen LogP contribution in [-0.4, -0.2) is 48.2 Å². The average Bonchev–Trinajstić information content (AvgIpc) is 2.87. The van der Waals surface area contributed by atoms with Crippen molar-refractivity contribution in [2.45, 2.75) is 18.5 Å². The third kappa shape index (κ3) is 1.60. The van der Waals surface area contributed by atoms with Crippen LogP contribution in [0.2, 0.25) is 0 Å². The highest BCUT2D eigenvalue weighted by molar-refractivity contribution is 5.94. The summed E-state index contributed by atoms with van der Waals surface area (Å²) in [6.07, 6.45) is 1.16. The standard InChI is InChI=1S/C13H16N2O2/c1-14-7-10-6-9(14)8-15(10)12-5-3-2-4-11(12)13(16)17/h2-5,9-10H,6-8H2,1H3,(H,16,17). The molecule has 2 aliphatic rings. The van der Waals surface area contributed by atoms with Gasteiger partial charge in [-0.3, -0.25) is 4.90 Å². The number of hydrogen-bond donors (Lipinski definition) is 1. The molecule has 0 saturated carbocycles. The summed E-state index contributed by atoms with van der Waals surface area (Å²) in [7, 11) is 2.14. The minimum Gasteiger partial charge on any atom is -0.478 e. The second-order valence-corrected chi connectivity index (χ2v) is 4.96. The normalized spacial score (nSPS) is 27.7. The van der Waals surface area contributed by atoms with Crippen molar-refractivity contribution in [1.29, 1.82) is 0 Å². The number of rotatable bonds is 2. The first-order chi connectivity index (χ1) is 8.16. The number of piperazine rings is 1. The van der Waals surface area contributed by atoms with Crippen molar-refractivity contribution in [2.75, 3.05) is 25.0 Å². The number of nitrogens with zero attached hydrogens (tertiary/aromatic N) is 2. The Morgan fingerprint density at radius 2 is 2.06 bits per heavy atom. The van der Waals surface area contributed by atoms with Crippen LogP contribution in [0.25, 0.3) is 0 Å². The summed E-state index contributed by atoms with van der Waals surface area (Å²) in [6, 6.07) is 8.37. The Labute approximate surface area is 100 Å². The second kappa shape index (κ2) is 3.74. The van der Waals surface area contributed by atoms with Crippen molar-refractivity contribution in [3.63, 3.8) is 0 Å². The van der Waals surface area contributed by atoms with Gasteiger partial charge in [0.05, 0.1) is 11.3 Å². The third-order valence-electron chi connectivity index (χ3n) is 3.96. The van der Waals surface area contributed by atoms with E-state index in [1.165, 1.54) is 0 Å². The minimum atomic E-state index is -0.836. The zero-order valence-electron chi connectivity index (χ0n) is 9.84. The maximum absolute atomic E-state index is 11.2. The molecule has 0 amide bonds. The Hall–Kier alpha value is -1.55. The van der Waals surface area contributed by atoms with Gasteiger partial charge in [0.2, 0.25) is 0 Å². The quantitative estimate of drug-likeness (QED) is 0.834. The maximum Gasteiger partial charge on any atom is 0.337 e. The van der Waals surface area contributed by atoms with Gasteiger partial charge >= 0.3 is 5.97 Å². The Morgan fingerprint density at radius 3 is 2.65 bits per heavy atom. The molecule has 1 N–H and O–H groups in total. The van der Waals surface area contributed by atoms with E-state index in [2.05, 4.69) is 16.8 Å². The van der Waals surface area contributed by atoms with Crippen LogP contribution in [0.4, 0.5) is 5.69 Å². The number of likely N-dealkylation sites (N-methyl/N-ethyl adjacent to an activating group) is 1. The molecule has 17 heavy (non-hydrogen) atoms. The Balaban J connectivity index is 1.94. The van der Waals surface area contributed by atoms with Crippen LogP contribution in [-0.2, 0) is 0 Å². The highest BCUT2D eigenvalue weighted by atomic mass is 16.4. The number of likely N-dealkylation sites (tertiary alicyclic amines) is 1. The zero-order valence-corrected chi connectivity index (χ0v) is 9.84. The summed E-state index contributed by atoms with van der Waals surface area (Å²) in [6.45, 7) is 1.99. The summed E-state index contributed by atoms with van der Waals surface area (Å²) in [5, 5.41) is 9.21. The number of carboxylic acids is 1. The molecule has 4 nitrogen and oxygen atoms in total. The fourth-order valence-corrected chi connectivity index (χ4v) is 3.07. The molecule has 2 fully saturated rings.